The van der Waals surface area contributed by atoms with Crippen molar-refractivity contribution in [2.75, 3.05) is 13.1 Å². The van der Waals surface area contributed by atoms with Crippen molar-refractivity contribution >= 4 is 11.9 Å². The lowest BCUT2D eigenvalue weighted by atomic mass is 9.99. The van der Waals surface area contributed by atoms with Crippen molar-refractivity contribution in [1.82, 2.24) is 15.5 Å². The largest absolute Gasteiger partial charge is 0.419 e. The normalized spacial score (nSPS) is 25.0. The van der Waals surface area contributed by atoms with Crippen LogP contribution < -0.4 is 10.6 Å². The van der Waals surface area contributed by atoms with Crippen LogP contribution in [-0.2, 0) is 17.5 Å². The standard InChI is InChI=1S/C14H13F4N3O2/c15-10-2-1-8(5-9(10)14(16,17)18)6-21-4-3-13(7-21)11(22)19-12(23)20-13/h1-2,5H,3-4,6-7H2,(H2,19,20,22,23). The van der Waals surface area contributed by atoms with Crippen LogP contribution in [-0.4, -0.2) is 35.5 Å². The van der Waals surface area contributed by atoms with Gasteiger partial charge in [0.1, 0.15) is 11.4 Å². The van der Waals surface area contributed by atoms with Crippen molar-refractivity contribution in [2.45, 2.75) is 24.7 Å². The maximum absolute atomic E-state index is 13.3. The SMILES string of the molecule is O=C1NC(=O)C2(CCN(Cc3ccc(F)c(C(F)(F)F)c3)C2)N1. The Labute approximate surface area is 128 Å². The molecule has 1 aromatic carbocycles. The number of hydrogen-bond acceptors (Lipinski definition) is 3. The Morgan fingerprint density at radius 1 is 1.26 bits per heavy atom. The van der Waals surface area contributed by atoms with Gasteiger partial charge in [-0.3, -0.25) is 15.0 Å². The molecule has 2 aliphatic rings. The molecular weight excluding hydrogens is 318 g/mol. The molecule has 3 amide bonds. The Bertz CT molecular complexity index is 676. The number of nitrogens with zero attached hydrogens (tertiary/aromatic N) is 1. The Morgan fingerprint density at radius 2 is 2.00 bits per heavy atom. The van der Waals surface area contributed by atoms with E-state index in [0.717, 1.165) is 12.1 Å². The van der Waals surface area contributed by atoms with Gasteiger partial charge in [0.15, 0.2) is 0 Å². The molecule has 0 aliphatic carbocycles. The molecule has 23 heavy (non-hydrogen) atoms. The van der Waals surface area contributed by atoms with Crippen LogP contribution in [0.1, 0.15) is 17.5 Å². The molecule has 2 aliphatic heterocycles. The summed E-state index contributed by atoms with van der Waals surface area (Å²) in [6.07, 6.45) is -4.39. The molecule has 0 aromatic heterocycles. The van der Waals surface area contributed by atoms with Crippen LogP contribution >= 0.6 is 0 Å². The third kappa shape index (κ3) is 2.88. The zero-order valence-electron chi connectivity index (χ0n) is 11.8. The molecule has 1 spiro atoms. The highest BCUT2D eigenvalue weighted by Gasteiger charge is 2.50. The molecule has 3 rings (SSSR count). The molecule has 0 bridgehead atoms. The molecule has 2 fully saturated rings. The average molecular weight is 331 g/mol. The summed E-state index contributed by atoms with van der Waals surface area (Å²) in [6.45, 7) is 0.768. The fourth-order valence-electron chi connectivity index (χ4n) is 2.99. The minimum absolute atomic E-state index is 0.133. The minimum Gasteiger partial charge on any atom is -0.322 e. The number of rotatable bonds is 2. The molecule has 2 N–H and O–H groups in total. The van der Waals surface area contributed by atoms with Crippen molar-refractivity contribution in [1.29, 1.82) is 0 Å². The van der Waals surface area contributed by atoms with Gasteiger partial charge in [-0.25, -0.2) is 9.18 Å². The van der Waals surface area contributed by atoms with E-state index >= 15 is 0 Å². The molecular formula is C14H13F4N3O2. The van der Waals surface area contributed by atoms with E-state index in [1.165, 1.54) is 6.07 Å². The lowest BCUT2D eigenvalue weighted by Gasteiger charge is -2.21. The molecule has 0 saturated carbocycles. The van der Waals surface area contributed by atoms with Gasteiger partial charge in [-0.2, -0.15) is 13.2 Å². The smallest absolute Gasteiger partial charge is 0.322 e. The van der Waals surface area contributed by atoms with Crippen molar-refractivity contribution in [3.05, 3.63) is 35.1 Å². The highest BCUT2D eigenvalue weighted by Crippen LogP contribution is 2.33. The zero-order chi connectivity index (χ0) is 16.8. The lowest BCUT2D eigenvalue weighted by molar-refractivity contribution is -0.140. The molecule has 0 radical (unpaired) electrons. The number of imide groups is 1. The Kier molecular flexibility index (Phi) is 3.55. The van der Waals surface area contributed by atoms with E-state index in [-0.39, 0.29) is 13.1 Å². The monoisotopic (exact) mass is 331 g/mol. The van der Waals surface area contributed by atoms with Crippen molar-refractivity contribution in [2.24, 2.45) is 0 Å². The topological polar surface area (TPSA) is 61.4 Å². The van der Waals surface area contributed by atoms with Gasteiger partial charge < -0.3 is 5.32 Å². The molecule has 1 unspecified atom stereocenters. The first-order chi connectivity index (χ1) is 10.7. The van der Waals surface area contributed by atoms with Crippen LogP contribution in [0.3, 0.4) is 0 Å². The number of carbonyl (C=O) groups is 2. The van der Waals surface area contributed by atoms with Crippen LogP contribution in [0.15, 0.2) is 18.2 Å². The Morgan fingerprint density at radius 3 is 2.61 bits per heavy atom. The van der Waals surface area contributed by atoms with Gasteiger partial charge in [-0.05, 0) is 24.1 Å². The van der Waals surface area contributed by atoms with Crippen molar-refractivity contribution in [3.8, 4) is 0 Å². The molecule has 5 nitrogen and oxygen atoms in total. The number of nitrogens with one attached hydrogen (secondary N) is 2. The minimum atomic E-state index is -4.76. The van der Waals surface area contributed by atoms with Gasteiger partial charge in [0.25, 0.3) is 5.91 Å². The number of likely N-dealkylation sites (tertiary alicyclic amines) is 1. The summed E-state index contributed by atoms with van der Waals surface area (Å²) in [6, 6.07) is 2.27. The maximum Gasteiger partial charge on any atom is 0.419 e. The molecule has 2 heterocycles. The third-order valence-electron chi connectivity index (χ3n) is 4.11. The van der Waals surface area contributed by atoms with Gasteiger partial charge in [0.05, 0.1) is 5.56 Å². The predicted molar refractivity (Wildman–Crippen MR) is 70.7 cm³/mol. The number of halogens is 4. The fourth-order valence-corrected chi connectivity index (χ4v) is 2.99. The fraction of sp³-hybridized carbons (Fsp3) is 0.429. The van der Waals surface area contributed by atoms with E-state index in [9.17, 15) is 27.2 Å². The second kappa shape index (κ2) is 5.19. The number of urea groups is 1. The highest BCUT2D eigenvalue weighted by molar-refractivity contribution is 6.07. The number of carbonyl (C=O) groups excluding carboxylic acids is 2. The number of hydrogen-bond donors (Lipinski definition) is 2. The van der Waals surface area contributed by atoms with E-state index < -0.39 is 35.0 Å². The molecule has 9 heteroatoms. The number of alkyl halides is 3. The van der Waals surface area contributed by atoms with Crippen LogP contribution in [0, 0.1) is 5.82 Å². The first-order valence-electron chi connectivity index (χ1n) is 6.91. The van der Waals surface area contributed by atoms with Gasteiger partial charge in [0, 0.05) is 19.6 Å². The third-order valence-corrected chi connectivity index (χ3v) is 4.11. The summed E-state index contributed by atoms with van der Waals surface area (Å²) < 4.78 is 51.4. The second-order valence-corrected chi connectivity index (χ2v) is 5.76. The summed E-state index contributed by atoms with van der Waals surface area (Å²) in [5, 5.41) is 4.71. The van der Waals surface area contributed by atoms with Crippen molar-refractivity contribution < 1.29 is 27.2 Å². The van der Waals surface area contributed by atoms with Crippen LogP contribution in [0.25, 0.3) is 0 Å². The van der Waals surface area contributed by atoms with Crippen LogP contribution in [0.5, 0.6) is 0 Å². The van der Waals surface area contributed by atoms with E-state index in [0.29, 0.717) is 18.5 Å². The van der Waals surface area contributed by atoms with Crippen molar-refractivity contribution in [3.63, 3.8) is 0 Å². The van der Waals surface area contributed by atoms with Crippen LogP contribution in [0.4, 0.5) is 22.4 Å². The first-order valence-corrected chi connectivity index (χ1v) is 6.91. The lowest BCUT2D eigenvalue weighted by Crippen LogP contribution is -2.48. The van der Waals surface area contributed by atoms with Gasteiger partial charge in [-0.1, -0.05) is 6.07 Å². The van der Waals surface area contributed by atoms with Gasteiger partial charge >= 0.3 is 12.2 Å². The average Bonchev–Trinajstić information content (AvgIpc) is 2.95. The summed E-state index contributed by atoms with van der Waals surface area (Å²) in [5.41, 5.74) is -2.04. The summed E-state index contributed by atoms with van der Waals surface area (Å²) in [4.78, 5) is 24.8. The van der Waals surface area contributed by atoms with E-state index in [1.807, 2.05) is 0 Å². The predicted octanol–water partition coefficient (Wildman–Crippen LogP) is 1.63. The molecule has 1 atom stereocenters. The van der Waals surface area contributed by atoms with Crippen LogP contribution in [0.2, 0.25) is 0 Å². The van der Waals surface area contributed by atoms with E-state index in [4.69, 9.17) is 0 Å². The van der Waals surface area contributed by atoms with Gasteiger partial charge in [0.2, 0.25) is 0 Å². The first kappa shape index (κ1) is 15.7. The Hall–Kier alpha value is -2.16. The maximum atomic E-state index is 13.3. The summed E-state index contributed by atoms with van der Waals surface area (Å²) in [7, 11) is 0. The molecule has 1 aromatic rings. The number of benzene rings is 1. The van der Waals surface area contributed by atoms with Gasteiger partial charge in [-0.15, -0.1) is 0 Å². The molecule has 124 valence electrons. The quantitative estimate of drug-likeness (QED) is 0.640. The second-order valence-electron chi connectivity index (χ2n) is 5.76. The Balaban J connectivity index is 1.74. The van der Waals surface area contributed by atoms with E-state index in [1.54, 1.807) is 4.90 Å². The summed E-state index contributed by atoms with van der Waals surface area (Å²) in [5.74, 6) is -1.75. The highest BCUT2D eigenvalue weighted by atomic mass is 19.4. The zero-order valence-corrected chi connectivity index (χ0v) is 11.8. The number of amides is 3. The summed E-state index contributed by atoms with van der Waals surface area (Å²) >= 11 is 0. The molecule has 2 saturated heterocycles. The van der Waals surface area contributed by atoms with E-state index in [2.05, 4.69) is 10.6 Å².